The van der Waals surface area contributed by atoms with E-state index in [0.717, 1.165) is 21.6 Å². The lowest BCUT2D eigenvalue weighted by molar-refractivity contribution is -0.125. The molecule has 0 saturated heterocycles. The minimum atomic E-state index is -0.310. The molecular weight excluding hydrogens is 349 g/mol. The van der Waals surface area contributed by atoms with Gasteiger partial charge in [0.1, 0.15) is 5.82 Å². The van der Waals surface area contributed by atoms with Crippen LogP contribution in [0.4, 0.5) is 10.1 Å². The van der Waals surface area contributed by atoms with Gasteiger partial charge in [-0.25, -0.2) is 9.37 Å². The number of hydrogen-bond acceptors (Lipinski definition) is 4. The number of hydrogen-bond donors (Lipinski definition) is 2. The van der Waals surface area contributed by atoms with E-state index in [1.54, 1.807) is 23.5 Å². The summed E-state index contributed by atoms with van der Waals surface area (Å²) in [5.74, 6) is -0.515. The van der Waals surface area contributed by atoms with E-state index >= 15 is 0 Å². The third kappa shape index (κ3) is 3.46. The Balaban J connectivity index is 1.50. The van der Waals surface area contributed by atoms with Gasteiger partial charge < -0.3 is 0 Å². The molecular formula is C20H18FN3OS. The molecule has 1 heterocycles. The smallest absolute Gasteiger partial charge is 0.242 e. The summed E-state index contributed by atoms with van der Waals surface area (Å²) in [5.41, 5.74) is 7.23. The van der Waals surface area contributed by atoms with Gasteiger partial charge in [-0.3, -0.25) is 15.6 Å². The Hall–Kier alpha value is -2.73. The van der Waals surface area contributed by atoms with Crippen molar-refractivity contribution in [3.8, 4) is 0 Å². The number of para-hydroxylation sites is 1. The molecule has 3 aromatic rings. The number of carbonyl (C=O) groups is 1. The lowest BCUT2D eigenvalue weighted by Gasteiger charge is -2.26. The van der Waals surface area contributed by atoms with E-state index in [2.05, 4.69) is 23.0 Å². The van der Waals surface area contributed by atoms with Crippen LogP contribution in [-0.2, 0) is 4.79 Å². The first-order chi connectivity index (χ1) is 12.7. The van der Waals surface area contributed by atoms with Crippen molar-refractivity contribution in [1.82, 2.24) is 10.4 Å². The van der Waals surface area contributed by atoms with E-state index in [-0.39, 0.29) is 23.6 Å². The lowest BCUT2D eigenvalue weighted by Crippen LogP contribution is -2.38. The number of fused-ring (bicyclic) bond motifs is 1. The van der Waals surface area contributed by atoms with E-state index < -0.39 is 0 Å². The molecule has 1 aromatic heterocycles. The summed E-state index contributed by atoms with van der Waals surface area (Å²) >= 11 is 1.65. The largest absolute Gasteiger partial charge is 0.299 e. The summed E-state index contributed by atoms with van der Waals surface area (Å²) in [6, 6.07) is 13.9. The Bertz CT molecular complexity index is 918. The van der Waals surface area contributed by atoms with Crippen molar-refractivity contribution in [2.24, 2.45) is 5.92 Å². The van der Waals surface area contributed by atoms with E-state index in [4.69, 9.17) is 4.98 Å². The van der Waals surface area contributed by atoms with E-state index in [9.17, 15) is 9.18 Å². The standard InChI is InChI=1S/C20H18FN3OS/c21-13-9-11-14(12-10-13)23-24-19(25)15-5-1-2-6-16(15)20-22-17-7-3-4-8-18(17)26-20/h1-4,7-12,15-16,23H,5-6H2,(H,24,25). The molecule has 0 saturated carbocycles. The van der Waals surface area contributed by atoms with Gasteiger partial charge in [-0.15, -0.1) is 11.3 Å². The van der Waals surface area contributed by atoms with E-state index in [1.165, 1.54) is 12.1 Å². The summed E-state index contributed by atoms with van der Waals surface area (Å²) in [6.07, 6.45) is 5.64. The molecule has 2 atom stereocenters. The van der Waals surface area contributed by atoms with Gasteiger partial charge in [0.15, 0.2) is 0 Å². The molecule has 132 valence electrons. The molecule has 26 heavy (non-hydrogen) atoms. The molecule has 0 aliphatic heterocycles. The van der Waals surface area contributed by atoms with Crippen LogP contribution in [0.2, 0.25) is 0 Å². The molecule has 0 radical (unpaired) electrons. The van der Waals surface area contributed by atoms with Crippen molar-refractivity contribution in [2.45, 2.75) is 18.8 Å². The second-order valence-corrected chi connectivity index (χ2v) is 7.36. The summed E-state index contributed by atoms with van der Waals surface area (Å²) < 4.78 is 14.1. The minimum Gasteiger partial charge on any atom is -0.299 e. The van der Waals surface area contributed by atoms with Gasteiger partial charge in [0.25, 0.3) is 0 Å². The number of nitrogens with zero attached hydrogens (tertiary/aromatic N) is 1. The molecule has 1 aliphatic rings. The number of rotatable bonds is 4. The number of allylic oxidation sites excluding steroid dienone is 2. The number of hydrazine groups is 1. The van der Waals surface area contributed by atoms with Crippen molar-refractivity contribution in [1.29, 1.82) is 0 Å². The predicted octanol–water partition coefficient (Wildman–Crippen LogP) is 4.63. The number of carbonyl (C=O) groups excluding carboxylic acids is 1. The van der Waals surface area contributed by atoms with Gasteiger partial charge in [-0.05, 0) is 49.2 Å². The van der Waals surface area contributed by atoms with Gasteiger partial charge in [-0.2, -0.15) is 0 Å². The van der Waals surface area contributed by atoms with Crippen LogP contribution in [0.5, 0.6) is 0 Å². The quantitative estimate of drug-likeness (QED) is 0.522. The molecule has 0 fully saturated rings. The Morgan fingerprint density at radius 1 is 1.08 bits per heavy atom. The molecule has 0 spiro atoms. The van der Waals surface area contributed by atoms with E-state index in [1.807, 2.05) is 24.3 Å². The van der Waals surface area contributed by atoms with Crippen LogP contribution in [0.15, 0.2) is 60.7 Å². The zero-order valence-corrected chi connectivity index (χ0v) is 14.8. The van der Waals surface area contributed by atoms with Gasteiger partial charge in [0.05, 0.1) is 26.8 Å². The van der Waals surface area contributed by atoms with Gasteiger partial charge in [0.2, 0.25) is 5.91 Å². The maximum Gasteiger partial charge on any atom is 0.242 e. The molecule has 2 unspecified atom stereocenters. The lowest BCUT2D eigenvalue weighted by atomic mass is 9.83. The van der Waals surface area contributed by atoms with Crippen LogP contribution in [-0.4, -0.2) is 10.9 Å². The first-order valence-corrected chi connectivity index (χ1v) is 9.34. The fourth-order valence-electron chi connectivity index (χ4n) is 3.19. The first-order valence-electron chi connectivity index (χ1n) is 8.52. The highest BCUT2D eigenvalue weighted by Gasteiger charge is 2.32. The normalized spacial score (nSPS) is 19.4. The highest BCUT2D eigenvalue weighted by atomic mass is 32.1. The van der Waals surface area contributed by atoms with Crippen LogP contribution in [0, 0.1) is 11.7 Å². The molecule has 4 rings (SSSR count). The topological polar surface area (TPSA) is 54.0 Å². The van der Waals surface area contributed by atoms with Crippen LogP contribution in [0.3, 0.4) is 0 Å². The van der Waals surface area contributed by atoms with Gasteiger partial charge in [0, 0.05) is 5.92 Å². The Morgan fingerprint density at radius 3 is 2.65 bits per heavy atom. The molecule has 1 amide bonds. The molecule has 1 aliphatic carbocycles. The Labute approximate surface area is 154 Å². The number of benzene rings is 2. The maximum absolute atomic E-state index is 13.0. The van der Waals surface area contributed by atoms with Crippen molar-refractivity contribution >= 4 is 33.1 Å². The predicted molar refractivity (Wildman–Crippen MR) is 102 cm³/mol. The van der Waals surface area contributed by atoms with Gasteiger partial charge >= 0.3 is 0 Å². The second kappa shape index (κ2) is 7.25. The average molecular weight is 367 g/mol. The number of halogens is 1. The number of thiazole rings is 1. The third-order valence-corrected chi connectivity index (χ3v) is 5.74. The van der Waals surface area contributed by atoms with Crippen molar-refractivity contribution in [2.75, 3.05) is 5.43 Å². The number of aromatic nitrogens is 1. The number of amides is 1. The molecule has 2 aromatic carbocycles. The average Bonchev–Trinajstić information content (AvgIpc) is 3.11. The number of anilines is 1. The SMILES string of the molecule is O=C(NNc1ccc(F)cc1)C1CC=CCC1c1nc2ccccc2s1. The summed E-state index contributed by atoms with van der Waals surface area (Å²) in [4.78, 5) is 17.5. The number of nitrogens with one attached hydrogen (secondary N) is 2. The summed E-state index contributed by atoms with van der Waals surface area (Å²) in [7, 11) is 0. The van der Waals surface area contributed by atoms with Crippen LogP contribution >= 0.6 is 11.3 Å². The maximum atomic E-state index is 13.0. The second-order valence-electron chi connectivity index (χ2n) is 6.30. The van der Waals surface area contributed by atoms with Crippen LogP contribution in [0.25, 0.3) is 10.2 Å². The monoisotopic (exact) mass is 367 g/mol. The van der Waals surface area contributed by atoms with Gasteiger partial charge in [-0.1, -0.05) is 24.3 Å². The Morgan fingerprint density at radius 2 is 1.85 bits per heavy atom. The highest BCUT2D eigenvalue weighted by Crippen LogP contribution is 2.38. The third-order valence-electron chi connectivity index (χ3n) is 4.57. The van der Waals surface area contributed by atoms with E-state index in [0.29, 0.717) is 12.1 Å². The van der Waals surface area contributed by atoms with Crippen molar-refractivity contribution < 1.29 is 9.18 Å². The molecule has 4 nitrogen and oxygen atoms in total. The van der Waals surface area contributed by atoms with Crippen LogP contribution < -0.4 is 10.9 Å². The Kier molecular flexibility index (Phi) is 4.67. The molecule has 0 bridgehead atoms. The molecule has 2 N–H and O–H groups in total. The fraction of sp³-hybridized carbons (Fsp3) is 0.200. The molecule has 6 heteroatoms. The first kappa shape index (κ1) is 16.7. The van der Waals surface area contributed by atoms with Crippen LogP contribution in [0.1, 0.15) is 23.8 Å². The minimum absolute atomic E-state index is 0.0624. The zero-order chi connectivity index (χ0) is 17.9. The zero-order valence-electron chi connectivity index (χ0n) is 14.0. The van der Waals surface area contributed by atoms with Crippen molar-refractivity contribution in [3.05, 3.63) is 71.5 Å². The van der Waals surface area contributed by atoms with Crippen molar-refractivity contribution in [3.63, 3.8) is 0 Å². The summed E-state index contributed by atoms with van der Waals surface area (Å²) in [5, 5.41) is 0.998. The fourth-order valence-corrected chi connectivity index (χ4v) is 4.33. The highest BCUT2D eigenvalue weighted by molar-refractivity contribution is 7.18. The summed E-state index contributed by atoms with van der Waals surface area (Å²) in [6.45, 7) is 0.